The molecule has 0 fully saturated rings. The van der Waals surface area contributed by atoms with Crippen LogP contribution in [0.2, 0.25) is 0 Å². The number of amides is 1. The third-order valence-corrected chi connectivity index (χ3v) is 2.79. The summed E-state index contributed by atoms with van der Waals surface area (Å²) < 4.78 is 4.93. The molecule has 5 heteroatoms. The van der Waals surface area contributed by atoms with Crippen molar-refractivity contribution in [1.29, 1.82) is 0 Å². The molecule has 0 aliphatic rings. The van der Waals surface area contributed by atoms with Gasteiger partial charge in [0.1, 0.15) is 0 Å². The average molecular weight is 246 g/mol. The highest BCUT2D eigenvalue weighted by molar-refractivity contribution is 5.76. The van der Waals surface area contributed by atoms with Crippen LogP contribution in [0.15, 0.2) is 0 Å². The van der Waals surface area contributed by atoms with E-state index in [9.17, 15) is 4.79 Å². The lowest BCUT2D eigenvalue weighted by atomic mass is 9.85. The molecule has 0 aliphatic carbocycles. The standard InChI is InChI=1S/C12H26N2O3/c1-12(2,3)10(13)9-11(16)14(5-7-15)6-8-17-4/h10,15H,5-9,13H2,1-4H3. The lowest BCUT2D eigenvalue weighted by Crippen LogP contribution is -2.43. The van der Waals surface area contributed by atoms with E-state index in [4.69, 9.17) is 15.6 Å². The minimum Gasteiger partial charge on any atom is -0.395 e. The van der Waals surface area contributed by atoms with E-state index in [1.54, 1.807) is 12.0 Å². The molecule has 0 saturated heterocycles. The molecule has 0 aromatic carbocycles. The molecule has 1 atom stereocenters. The molecule has 0 bridgehead atoms. The van der Waals surface area contributed by atoms with Crippen LogP contribution in [0.3, 0.4) is 0 Å². The molecule has 0 heterocycles. The van der Waals surface area contributed by atoms with Crippen LogP contribution < -0.4 is 5.73 Å². The van der Waals surface area contributed by atoms with Crippen LogP contribution >= 0.6 is 0 Å². The highest BCUT2D eigenvalue weighted by Gasteiger charge is 2.25. The van der Waals surface area contributed by atoms with Crippen molar-refractivity contribution in [2.75, 3.05) is 33.4 Å². The van der Waals surface area contributed by atoms with Gasteiger partial charge < -0.3 is 20.5 Å². The van der Waals surface area contributed by atoms with Gasteiger partial charge in [-0.1, -0.05) is 20.8 Å². The molecule has 0 spiro atoms. The van der Waals surface area contributed by atoms with Gasteiger partial charge in [0.25, 0.3) is 0 Å². The smallest absolute Gasteiger partial charge is 0.224 e. The first-order valence-electron chi connectivity index (χ1n) is 5.96. The molecule has 0 saturated carbocycles. The van der Waals surface area contributed by atoms with E-state index in [1.165, 1.54) is 0 Å². The number of carbonyl (C=O) groups is 1. The van der Waals surface area contributed by atoms with E-state index < -0.39 is 0 Å². The SMILES string of the molecule is COCCN(CCO)C(=O)CC(N)C(C)(C)C. The number of nitrogens with two attached hydrogens (primary N) is 1. The Bertz CT molecular complexity index is 226. The van der Waals surface area contributed by atoms with E-state index >= 15 is 0 Å². The van der Waals surface area contributed by atoms with Crippen molar-refractivity contribution in [3.63, 3.8) is 0 Å². The highest BCUT2D eigenvalue weighted by Crippen LogP contribution is 2.20. The third-order valence-electron chi connectivity index (χ3n) is 2.79. The minimum absolute atomic E-state index is 0.0291. The first kappa shape index (κ1) is 16.4. The monoisotopic (exact) mass is 246 g/mol. The second kappa shape index (κ2) is 7.63. The number of rotatable bonds is 7. The van der Waals surface area contributed by atoms with Crippen LogP contribution in [0.5, 0.6) is 0 Å². The molecule has 1 amide bonds. The van der Waals surface area contributed by atoms with Crippen molar-refractivity contribution in [3.8, 4) is 0 Å². The Morgan fingerprint density at radius 1 is 1.41 bits per heavy atom. The van der Waals surface area contributed by atoms with Crippen molar-refractivity contribution in [2.24, 2.45) is 11.1 Å². The van der Waals surface area contributed by atoms with Gasteiger partial charge >= 0.3 is 0 Å². The number of ether oxygens (including phenoxy) is 1. The normalized spacial score (nSPS) is 13.5. The van der Waals surface area contributed by atoms with Crippen LogP contribution in [0, 0.1) is 5.41 Å². The van der Waals surface area contributed by atoms with Gasteiger partial charge in [0, 0.05) is 32.7 Å². The lowest BCUT2D eigenvalue weighted by molar-refractivity contribution is -0.133. The molecule has 0 radical (unpaired) electrons. The van der Waals surface area contributed by atoms with E-state index in [0.717, 1.165) is 0 Å². The second-order valence-corrected chi connectivity index (χ2v) is 5.27. The zero-order chi connectivity index (χ0) is 13.5. The van der Waals surface area contributed by atoms with Crippen LogP contribution in [-0.4, -0.2) is 55.4 Å². The Labute approximate surface area is 104 Å². The average Bonchev–Trinajstić information content (AvgIpc) is 2.22. The Morgan fingerprint density at radius 3 is 2.41 bits per heavy atom. The highest BCUT2D eigenvalue weighted by atomic mass is 16.5. The number of aliphatic hydroxyl groups excluding tert-OH is 1. The fourth-order valence-electron chi connectivity index (χ4n) is 1.31. The molecule has 102 valence electrons. The maximum atomic E-state index is 12.0. The van der Waals surface area contributed by atoms with Crippen molar-refractivity contribution < 1.29 is 14.6 Å². The van der Waals surface area contributed by atoms with Gasteiger partial charge in [0.05, 0.1) is 13.2 Å². The summed E-state index contributed by atoms with van der Waals surface area (Å²) in [5.74, 6) is -0.0291. The zero-order valence-electron chi connectivity index (χ0n) is 11.4. The number of aliphatic hydroxyl groups is 1. The number of hydrogen-bond acceptors (Lipinski definition) is 4. The van der Waals surface area contributed by atoms with Gasteiger partial charge in [0.15, 0.2) is 0 Å². The van der Waals surface area contributed by atoms with Gasteiger partial charge in [-0.3, -0.25) is 4.79 Å². The summed E-state index contributed by atoms with van der Waals surface area (Å²) in [7, 11) is 1.59. The fourth-order valence-corrected chi connectivity index (χ4v) is 1.31. The topological polar surface area (TPSA) is 75.8 Å². The van der Waals surface area contributed by atoms with Crippen LogP contribution in [0.4, 0.5) is 0 Å². The van der Waals surface area contributed by atoms with Gasteiger partial charge in [-0.2, -0.15) is 0 Å². The third kappa shape index (κ3) is 6.61. The summed E-state index contributed by atoms with van der Waals surface area (Å²) in [5, 5.41) is 8.91. The first-order valence-corrected chi connectivity index (χ1v) is 5.96. The van der Waals surface area contributed by atoms with Crippen LogP contribution in [0.1, 0.15) is 27.2 Å². The summed E-state index contributed by atoms with van der Waals surface area (Å²) in [5.41, 5.74) is 5.88. The number of methoxy groups -OCH3 is 1. The molecular formula is C12H26N2O3. The second-order valence-electron chi connectivity index (χ2n) is 5.27. The van der Waals surface area contributed by atoms with E-state index in [2.05, 4.69) is 0 Å². The minimum atomic E-state index is -0.182. The maximum Gasteiger partial charge on any atom is 0.224 e. The Hall–Kier alpha value is -0.650. The van der Waals surface area contributed by atoms with Crippen molar-refractivity contribution >= 4 is 5.91 Å². The van der Waals surface area contributed by atoms with E-state index in [0.29, 0.717) is 26.1 Å². The summed E-state index contributed by atoms with van der Waals surface area (Å²) in [6.07, 6.45) is 0.299. The van der Waals surface area contributed by atoms with E-state index in [1.807, 2.05) is 20.8 Å². The largest absolute Gasteiger partial charge is 0.395 e. The Kier molecular flexibility index (Phi) is 7.34. The lowest BCUT2D eigenvalue weighted by Gasteiger charge is -2.29. The molecular weight excluding hydrogens is 220 g/mol. The maximum absolute atomic E-state index is 12.0. The molecule has 17 heavy (non-hydrogen) atoms. The molecule has 0 aromatic rings. The first-order chi connectivity index (χ1) is 7.82. The number of nitrogens with zero attached hydrogens (tertiary/aromatic N) is 1. The van der Waals surface area contributed by atoms with Crippen molar-refractivity contribution in [3.05, 3.63) is 0 Å². The number of carbonyl (C=O) groups excluding carboxylic acids is 1. The summed E-state index contributed by atoms with van der Waals surface area (Å²) >= 11 is 0. The van der Waals surface area contributed by atoms with Gasteiger partial charge in [-0.25, -0.2) is 0 Å². The fraction of sp³-hybridized carbons (Fsp3) is 0.917. The van der Waals surface area contributed by atoms with E-state index in [-0.39, 0.29) is 24.0 Å². The quantitative estimate of drug-likeness (QED) is 0.673. The molecule has 3 N–H and O–H groups in total. The zero-order valence-corrected chi connectivity index (χ0v) is 11.4. The molecule has 0 aliphatic heterocycles. The van der Waals surface area contributed by atoms with Crippen molar-refractivity contribution in [2.45, 2.75) is 33.2 Å². The molecule has 0 aromatic heterocycles. The summed E-state index contributed by atoms with van der Waals surface area (Å²) in [6.45, 7) is 7.28. The van der Waals surface area contributed by atoms with Gasteiger partial charge in [0.2, 0.25) is 5.91 Å². The predicted octanol–water partition coefficient (Wildman–Crippen LogP) is 0.217. The predicted molar refractivity (Wildman–Crippen MR) is 67.6 cm³/mol. The Balaban J connectivity index is 4.31. The van der Waals surface area contributed by atoms with Crippen LogP contribution in [0.25, 0.3) is 0 Å². The molecule has 5 nitrogen and oxygen atoms in total. The number of hydrogen-bond donors (Lipinski definition) is 2. The van der Waals surface area contributed by atoms with Crippen LogP contribution in [-0.2, 0) is 9.53 Å². The Morgan fingerprint density at radius 2 is 2.00 bits per heavy atom. The molecule has 1 unspecified atom stereocenters. The molecule has 0 rings (SSSR count). The summed E-state index contributed by atoms with van der Waals surface area (Å²) in [6, 6.07) is -0.182. The van der Waals surface area contributed by atoms with Gasteiger partial charge in [-0.15, -0.1) is 0 Å². The summed E-state index contributed by atoms with van der Waals surface area (Å²) in [4.78, 5) is 13.6. The van der Waals surface area contributed by atoms with Gasteiger partial charge in [-0.05, 0) is 5.41 Å². The van der Waals surface area contributed by atoms with Crippen molar-refractivity contribution in [1.82, 2.24) is 4.90 Å².